The summed E-state index contributed by atoms with van der Waals surface area (Å²) in [5.41, 5.74) is 0. The Morgan fingerprint density at radius 2 is 2.25 bits per heavy atom. The number of aliphatic carboxylic acids is 1. The van der Waals surface area contributed by atoms with Crippen LogP contribution in [-0.2, 0) is 4.79 Å². The summed E-state index contributed by atoms with van der Waals surface area (Å²) >= 11 is 1.93. The van der Waals surface area contributed by atoms with Crippen molar-refractivity contribution < 1.29 is 9.90 Å². The number of halogens is 1. The van der Waals surface area contributed by atoms with Crippen LogP contribution in [0, 0.1) is 0 Å². The normalized spacial score (nSPS) is 17.4. The topological polar surface area (TPSA) is 37.3 Å². The molecule has 3 heteroatoms. The average molecular weight is 228 g/mol. The van der Waals surface area contributed by atoms with Gasteiger partial charge in [0.1, 0.15) is 3.42 Å². The molecule has 0 aliphatic carbocycles. The highest BCUT2D eigenvalue weighted by molar-refractivity contribution is 14.1. The quantitative estimate of drug-likeness (QED) is 0.576. The van der Waals surface area contributed by atoms with Crippen LogP contribution in [0.1, 0.15) is 20.3 Å². The van der Waals surface area contributed by atoms with Crippen molar-refractivity contribution in [3.63, 3.8) is 0 Å². The van der Waals surface area contributed by atoms with Gasteiger partial charge in [0, 0.05) is 0 Å². The molecule has 0 rings (SSSR count). The van der Waals surface area contributed by atoms with E-state index >= 15 is 0 Å². The van der Waals surface area contributed by atoms with Gasteiger partial charge in [0.15, 0.2) is 0 Å². The molecule has 1 N–H and O–H groups in total. The fraction of sp³-hybridized carbons (Fsp3) is 0.800. The number of hydrogen-bond acceptors (Lipinski definition) is 1. The first kappa shape index (κ1) is 8.20. The van der Waals surface area contributed by atoms with Gasteiger partial charge in [-0.15, -0.1) is 0 Å². The Morgan fingerprint density at radius 3 is 2.25 bits per heavy atom. The predicted octanol–water partition coefficient (Wildman–Crippen LogP) is 1.67. The zero-order valence-corrected chi connectivity index (χ0v) is 7.10. The van der Waals surface area contributed by atoms with Crippen LogP contribution in [0.4, 0.5) is 0 Å². The fourth-order valence-corrected chi connectivity index (χ4v) is 0.151. The maximum Gasteiger partial charge on any atom is 0.319 e. The van der Waals surface area contributed by atoms with E-state index in [-0.39, 0.29) is 0 Å². The molecule has 0 saturated carbocycles. The number of carboxylic acids is 1. The Bertz CT molecular complexity index is 98.6. The Kier molecular flexibility index (Phi) is 2.73. The lowest BCUT2D eigenvalue weighted by Crippen LogP contribution is -2.25. The summed E-state index contributed by atoms with van der Waals surface area (Å²) in [6.07, 6.45) is 0.670. The Morgan fingerprint density at radius 1 is 1.88 bits per heavy atom. The second-order valence-corrected chi connectivity index (χ2v) is 4.24. The van der Waals surface area contributed by atoms with Gasteiger partial charge in [-0.25, -0.2) is 0 Å². The molecule has 48 valence electrons. The van der Waals surface area contributed by atoms with Gasteiger partial charge in [0.2, 0.25) is 0 Å². The summed E-state index contributed by atoms with van der Waals surface area (Å²) in [5, 5.41) is 8.43. The van der Waals surface area contributed by atoms with Crippen molar-refractivity contribution in [3.05, 3.63) is 0 Å². The van der Waals surface area contributed by atoms with Crippen LogP contribution < -0.4 is 0 Å². The van der Waals surface area contributed by atoms with Gasteiger partial charge >= 0.3 is 5.97 Å². The molecule has 0 aromatic rings. The van der Waals surface area contributed by atoms with E-state index in [1.807, 2.05) is 29.5 Å². The van der Waals surface area contributed by atoms with Crippen LogP contribution in [-0.4, -0.2) is 14.5 Å². The largest absolute Gasteiger partial charge is 0.480 e. The van der Waals surface area contributed by atoms with Crippen molar-refractivity contribution in [1.29, 1.82) is 0 Å². The number of carboxylic acid groups (broad SMARTS) is 1. The molecule has 0 radical (unpaired) electrons. The zero-order valence-electron chi connectivity index (χ0n) is 4.94. The molecular weight excluding hydrogens is 219 g/mol. The van der Waals surface area contributed by atoms with Crippen LogP contribution in [0.25, 0.3) is 0 Å². The van der Waals surface area contributed by atoms with E-state index < -0.39 is 9.39 Å². The molecule has 0 aliphatic rings. The summed E-state index contributed by atoms with van der Waals surface area (Å²) in [4.78, 5) is 10.2. The minimum absolute atomic E-state index is 0.572. The Balaban J connectivity index is 3.91. The van der Waals surface area contributed by atoms with Crippen LogP contribution in [0.15, 0.2) is 0 Å². The fourth-order valence-electron chi connectivity index (χ4n) is 0.151. The lowest BCUT2D eigenvalue weighted by Gasteiger charge is -2.12. The summed E-state index contributed by atoms with van der Waals surface area (Å²) < 4.78 is -0.572. The predicted molar refractivity (Wildman–Crippen MR) is 40.4 cm³/mol. The van der Waals surface area contributed by atoms with Crippen molar-refractivity contribution in [2.75, 3.05) is 0 Å². The minimum Gasteiger partial charge on any atom is -0.480 e. The van der Waals surface area contributed by atoms with Gasteiger partial charge in [-0.05, 0) is 13.3 Å². The van der Waals surface area contributed by atoms with E-state index in [9.17, 15) is 4.79 Å². The molecule has 0 aromatic heterocycles. The first-order chi connectivity index (χ1) is 3.50. The van der Waals surface area contributed by atoms with Crippen molar-refractivity contribution in [2.45, 2.75) is 23.7 Å². The molecule has 0 aliphatic heterocycles. The summed E-state index contributed by atoms with van der Waals surface area (Å²) in [5.74, 6) is -0.736. The van der Waals surface area contributed by atoms with E-state index in [0.29, 0.717) is 6.42 Å². The summed E-state index contributed by atoms with van der Waals surface area (Å²) in [6, 6.07) is 0. The molecule has 0 spiro atoms. The Hall–Kier alpha value is 0.200. The first-order valence-corrected chi connectivity index (χ1v) is 3.51. The van der Waals surface area contributed by atoms with E-state index in [1.54, 1.807) is 6.92 Å². The van der Waals surface area contributed by atoms with Crippen molar-refractivity contribution in [3.8, 4) is 0 Å². The molecule has 0 aromatic carbocycles. The first-order valence-electron chi connectivity index (χ1n) is 2.43. The van der Waals surface area contributed by atoms with Crippen LogP contribution >= 0.6 is 22.6 Å². The lowest BCUT2D eigenvalue weighted by molar-refractivity contribution is -0.138. The highest BCUT2D eigenvalue weighted by atomic mass is 127. The SMILES string of the molecule is CCC(C)(I)C(=O)O. The lowest BCUT2D eigenvalue weighted by atomic mass is 10.1. The minimum atomic E-state index is -0.736. The summed E-state index contributed by atoms with van der Waals surface area (Å²) in [6.45, 7) is 3.57. The van der Waals surface area contributed by atoms with Crippen molar-refractivity contribution in [1.82, 2.24) is 0 Å². The number of rotatable bonds is 2. The molecule has 0 saturated heterocycles. The Labute approximate surface area is 62.4 Å². The maximum absolute atomic E-state index is 10.2. The zero-order chi connectivity index (χ0) is 6.78. The molecular formula is C5H9IO2. The molecule has 8 heavy (non-hydrogen) atoms. The van der Waals surface area contributed by atoms with Gasteiger partial charge in [0.05, 0.1) is 0 Å². The molecule has 1 atom stereocenters. The smallest absolute Gasteiger partial charge is 0.319 e. The molecule has 0 fully saturated rings. The second-order valence-electron chi connectivity index (χ2n) is 1.86. The third-order valence-corrected chi connectivity index (χ3v) is 2.33. The van der Waals surface area contributed by atoms with Gasteiger partial charge in [-0.2, -0.15) is 0 Å². The second kappa shape index (κ2) is 2.66. The molecule has 1 unspecified atom stereocenters. The molecule has 0 amide bonds. The van der Waals surface area contributed by atoms with E-state index in [2.05, 4.69) is 0 Å². The van der Waals surface area contributed by atoms with Crippen molar-refractivity contribution in [2.24, 2.45) is 0 Å². The van der Waals surface area contributed by atoms with Gasteiger partial charge in [-0.1, -0.05) is 29.5 Å². The standard InChI is InChI=1S/C5H9IO2/c1-3-5(2,6)4(7)8/h3H2,1-2H3,(H,7,8). The highest BCUT2D eigenvalue weighted by Crippen LogP contribution is 2.21. The van der Waals surface area contributed by atoms with Gasteiger partial charge in [-0.3, -0.25) is 4.79 Å². The third-order valence-electron chi connectivity index (χ3n) is 1.11. The van der Waals surface area contributed by atoms with E-state index in [4.69, 9.17) is 5.11 Å². The number of carbonyl (C=O) groups is 1. The highest BCUT2D eigenvalue weighted by Gasteiger charge is 2.26. The van der Waals surface area contributed by atoms with Crippen LogP contribution in [0.5, 0.6) is 0 Å². The number of hydrogen-bond donors (Lipinski definition) is 1. The van der Waals surface area contributed by atoms with Crippen LogP contribution in [0.3, 0.4) is 0 Å². The van der Waals surface area contributed by atoms with Crippen LogP contribution in [0.2, 0.25) is 0 Å². The maximum atomic E-state index is 10.2. The summed E-state index contributed by atoms with van der Waals surface area (Å²) in [7, 11) is 0. The van der Waals surface area contributed by atoms with E-state index in [0.717, 1.165) is 0 Å². The average Bonchev–Trinajstić information content (AvgIpc) is 1.67. The monoisotopic (exact) mass is 228 g/mol. The van der Waals surface area contributed by atoms with Crippen molar-refractivity contribution >= 4 is 28.6 Å². The van der Waals surface area contributed by atoms with Gasteiger partial charge in [0.25, 0.3) is 0 Å². The van der Waals surface area contributed by atoms with Gasteiger partial charge < -0.3 is 5.11 Å². The number of alkyl halides is 1. The molecule has 2 nitrogen and oxygen atoms in total. The van der Waals surface area contributed by atoms with E-state index in [1.165, 1.54) is 0 Å². The molecule has 0 bridgehead atoms. The molecule has 0 heterocycles. The third kappa shape index (κ3) is 1.98.